The maximum Gasteiger partial charge on any atom is 0.317 e. The van der Waals surface area contributed by atoms with Gasteiger partial charge < -0.3 is 15.1 Å². The minimum atomic E-state index is -3.88. The number of hydrogen-bond donors (Lipinski definition) is 1. The van der Waals surface area contributed by atoms with Crippen molar-refractivity contribution >= 4 is 23.3 Å². The number of nitrogens with zero attached hydrogens (tertiary/aromatic N) is 3. The Morgan fingerprint density at radius 3 is 2.75 bits per heavy atom. The van der Waals surface area contributed by atoms with Crippen LogP contribution in [-0.4, -0.2) is 68.5 Å². The lowest BCUT2D eigenvalue weighted by Gasteiger charge is -2.37. The number of rotatable bonds is 5. The lowest BCUT2D eigenvalue weighted by molar-refractivity contribution is 0.194. The van der Waals surface area contributed by atoms with Gasteiger partial charge >= 0.3 is 6.03 Å². The van der Waals surface area contributed by atoms with Crippen LogP contribution in [0.3, 0.4) is 0 Å². The predicted octanol–water partition coefficient (Wildman–Crippen LogP) is 3.99. The second kappa shape index (κ2) is 9.84. The van der Waals surface area contributed by atoms with Gasteiger partial charge in [0.05, 0.1) is 12.1 Å². The Bertz CT molecular complexity index is 1210. The van der Waals surface area contributed by atoms with Crippen molar-refractivity contribution in [2.75, 3.05) is 51.6 Å². The highest BCUT2D eigenvalue weighted by Gasteiger charge is 2.24. The average molecular weight is 422 g/mol. The number of halogens is 1. The molecular weight excluding hydrogens is 372 g/mol. The Labute approximate surface area is 196 Å². The van der Waals surface area contributed by atoms with Crippen molar-refractivity contribution < 1.29 is 25.4 Å². The fourth-order valence-corrected chi connectivity index (χ4v) is 3.10. The van der Waals surface area contributed by atoms with Crippen molar-refractivity contribution in [1.82, 2.24) is 15.1 Å². The van der Waals surface area contributed by atoms with Gasteiger partial charge in [-0.15, -0.1) is 0 Å². The average Bonchev–Trinajstić information content (AvgIpc) is 2.87. The van der Waals surface area contributed by atoms with E-state index in [9.17, 15) is 4.79 Å². The van der Waals surface area contributed by atoms with Crippen molar-refractivity contribution in [3.8, 4) is 0 Å². The SMILES string of the molecule is [2H]C([2H])([2H])N(C)C(=O)N[C@]1([2H])C([2H])([2H])C([2H])([2H])[C@@]([2H])(CC([2H])([2H])N2CCN(c3cccc(C)c3Cl)CC2)C([2H])([2H])C1([2H])[2H]. The first-order valence-electron chi connectivity index (χ1n) is 16.5. The lowest BCUT2D eigenvalue weighted by atomic mass is 9.84. The second-order valence-electron chi connectivity index (χ2n) is 6.56. The maximum atomic E-state index is 12.7. The van der Waals surface area contributed by atoms with Gasteiger partial charge in [0.1, 0.15) is 0 Å². The summed E-state index contributed by atoms with van der Waals surface area (Å²) in [4.78, 5) is 15.8. The molecule has 1 N–H and O–H groups in total. The van der Waals surface area contributed by atoms with Crippen molar-refractivity contribution in [3.63, 3.8) is 0 Å². The molecule has 1 saturated carbocycles. The molecule has 6 heteroatoms. The molecule has 156 valence electrons. The van der Waals surface area contributed by atoms with Crippen LogP contribution in [0.15, 0.2) is 18.2 Å². The highest BCUT2D eigenvalue weighted by Crippen LogP contribution is 2.30. The Balaban J connectivity index is 1.97. The van der Waals surface area contributed by atoms with Crippen molar-refractivity contribution in [3.05, 3.63) is 28.8 Å². The van der Waals surface area contributed by atoms with E-state index in [2.05, 4.69) is 0 Å². The van der Waals surface area contributed by atoms with Crippen molar-refractivity contribution in [2.24, 2.45) is 5.89 Å². The molecule has 1 saturated heterocycles. The number of carbonyl (C=O) groups excluding carboxylic acids is 1. The summed E-state index contributed by atoms with van der Waals surface area (Å²) in [5, 5.41) is 2.07. The van der Waals surface area contributed by atoms with Crippen LogP contribution in [0.5, 0.6) is 0 Å². The molecule has 0 unspecified atom stereocenters. The summed E-state index contributed by atoms with van der Waals surface area (Å²) >= 11 is 6.43. The summed E-state index contributed by atoms with van der Waals surface area (Å²) in [7, 11) is 0.749. The van der Waals surface area contributed by atoms with Crippen LogP contribution < -0.4 is 10.2 Å². The summed E-state index contributed by atoms with van der Waals surface area (Å²) in [6, 6.07) is -0.0409. The molecule has 28 heavy (non-hydrogen) atoms. The molecule has 1 heterocycles. The van der Waals surface area contributed by atoms with E-state index in [4.69, 9.17) is 32.2 Å². The van der Waals surface area contributed by atoms with E-state index in [-0.39, 0.29) is 31.1 Å². The standard InChI is InChI=1S/C22H35ClN4O/c1-17-5-4-6-20(21(17)23)27-15-13-26(14-16-27)12-11-18-7-9-19(10-8-18)24-22(28)25(2)3/h4-6,18-19H,7-16H2,1-3H3,(H,24,28)/t18-,19-/i2D3,7D2,8D2,9D2,10D2,12D2,18D,19D. The summed E-state index contributed by atoms with van der Waals surface area (Å²) in [6.07, 6.45) is -16.7. The number of amides is 2. The molecular formula is C22H35ClN4O. The van der Waals surface area contributed by atoms with Crippen LogP contribution >= 0.6 is 11.6 Å². The van der Waals surface area contributed by atoms with E-state index < -0.39 is 63.3 Å². The molecule has 1 aromatic carbocycles. The maximum absolute atomic E-state index is 12.7. The summed E-state index contributed by atoms with van der Waals surface area (Å²) in [5.41, 5.74) is 1.56. The number of anilines is 1. The molecule has 1 aromatic rings. The van der Waals surface area contributed by atoms with Crippen LogP contribution in [0.2, 0.25) is 5.02 Å². The van der Waals surface area contributed by atoms with Gasteiger partial charge in [-0.25, -0.2) is 4.79 Å². The molecule has 5 nitrogen and oxygen atoms in total. The molecule has 2 amide bonds. The largest absolute Gasteiger partial charge is 0.368 e. The normalized spacial score (nSPS) is 44.8. The molecule has 3 rings (SSSR count). The van der Waals surface area contributed by atoms with Crippen LogP contribution in [0.1, 0.15) is 58.0 Å². The molecule has 0 radical (unpaired) electrons. The van der Waals surface area contributed by atoms with E-state index in [0.29, 0.717) is 5.02 Å². The van der Waals surface area contributed by atoms with Gasteiger partial charge in [-0.3, -0.25) is 4.90 Å². The Hall–Kier alpha value is -1.46. The van der Waals surface area contributed by atoms with Gasteiger partial charge in [-0.1, -0.05) is 23.7 Å². The van der Waals surface area contributed by atoms with Crippen LogP contribution in [0, 0.1) is 12.8 Å². The molecule has 0 atom stereocenters. The van der Waals surface area contributed by atoms with Crippen LogP contribution in [0.25, 0.3) is 0 Å². The van der Waals surface area contributed by atoms with Crippen LogP contribution in [-0.2, 0) is 0 Å². The summed E-state index contributed by atoms with van der Waals surface area (Å²) in [6.45, 7) is -3.36. The number of benzene rings is 1. The fourth-order valence-electron chi connectivity index (χ4n) is 2.85. The molecule has 1 aliphatic heterocycles. The van der Waals surface area contributed by atoms with Gasteiger partial charge in [-0.05, 0) is 62.9 Å². The second-order valence-corrected chi connectivity index (χ2v) is 6.94. The van der Waals surface area contributed by atoms with Gasteiger partial charge in [0, 0.05) is 65.4 Å². The Morgan fingerprint density at radius 2 is 2.07 bits per heavy atom. The van der Waals surface area contributed by atoms with Crippen molar-refractivity contribution in [1.29, 1.82) is 0 Å². The third-order valence-electron chi connectivity index (χ3n) is 4.48. The Morgan fingerprint density at radius 1 is 1.36 bits per heavy atom. The minimum Gasteiger partial charge on any atom is -0.368 e. The molecule has 0 spiro atoms. The minimum absolute atomic E-state index is 0.0268. The number of urea groups is 1. The van der Waals surface area contributed by atoms with Gasteiger partial charge in [0.25, 0.3) is 0 Å². The Kier molecular flexibility index (Phi) is 3.21. The monoisotopic (exact) mass is 421 g/mol. The van der Waals surface area contributed by atoms with Gasteiger partial charge in [-0.2, -0.15) is 0 Å². The molecule has 0 aromatic heterocycles. The summed E-state index contributed by atoms with van der Waals surface area (Å²) < 4.78 is 126. The number of piperazine rings is 1. The van der Waals surface area contributed by atoms with Crippen LogP contribution in [0.4, 0.5) is 10.5 Å². The number of nitrogens with one attached hydrogen (secondary N) is 1. The quantitative estimate of drug-likeness (QED) is 0.781. The first kappa shape index (κ1) is 9.13. The molecule has 2 fully saturated rings. The predicted molar refractivity (Wildman–Crippen MR) is 117 cm³/mol. The number of carbonyl (C=O) groups is 1. The van der Waals surface area contributed by atoms with E-state index in [0.717, 1.165) is 18.3 Å². The summed E-state index contributed by atoms with van der Waals surface area (Å²) in [5.74, 6) is -3.49. The molecule has 0 bridgehead atoms. The van der Waals surface area contributed by atoms with E-state index in [1.807, 2.05) is 24.0 Å². The lowest BCUT2D eigenvalue weighted by Crippen LogP contribution is -2.47. The first-order chi connectivity index (χ1) is 19.1. The number of aryl methyl sites for hydroxylation is 1. The highest BCUT2D eigenvalue weighted by molar-refractivity contribution is 6.34. The zero-order valence-corrected chi connectivity index (χ0v) is 16.7. The van der Waals surface area contributed by atoms with E-state index in [1.165, 1.54) is 4.90 Å². The van der Waals surface area contributed by atoms with Gasteiger partial charge in [0.2, 0.25) is 0 Å². The third-order valence-corrected chi connectivity index (χ3v) is 4.98. The first-order valence-corrected chi connectivity index (χ1v) is 9.33. The topological polar surface area (TPSA) is 38.8 Å². The zero-order chi connectivity index (χ0) is 33.4. The van der Waals surface area contributed by atoms with E-state index >= 15 is 0 Å². The van der Waals surface area contributed by atoms with E-state index in [1.54, 1.807) is 11.4 Å². The zero-order valence-electron chi connectivity index (χ0n) is 30.9. The van der Waals surface area contributed by atoms with Crippen molar-refractivity contribution in [2.45, 2.75) is 44.9 Å². The third kappa shape index (κ3) is 5.54. The molecule has 1 aliphatic carbocycles. The molecule has 2 aliphatic rings. The van der Waals surface area contributed by atoms with Gasteiger partial charge in [0.15, 0.2) is 0 Å². The smallest absolute Gasteiger partial charge is 0.317 e. The fraction of sp³-hybridized carbons (Fsp3) is 0.682. The number of hydrogen-bond acceptors (Lipinski definition) is 3. The highest BCUT2D eigenvalue weighted by atomic mass is 35.5.